The first kappa shape index (κ1) is 14.0. The molecule has 0 bridgehead atoms. The molecule has 1 amide bonds. The first-order valence-electron chi connectivity index (χ1n) is 5.94. The highest BCUT2D eigenvalue weighted by molar-refractivity contribution is 7.11. The van der Waals surface area contributed by atoms with Gasteiger partial charge in [0.2, 0.25) is 0 Å². The Morgan fingerprint density at radius 1 is 1.47 bits per heavy atom. The van der Waals surface area contributed by atoms with Crippen LogP contribution in [0.5, 0.6) is 0 Å². The van der Waals surface area contributed by atoms with Crippen LogP contribution in [0.1, 0.15) is 32.9 Å². The number of nitrogens with one attached hydrogen (secondary N) is 1. The van der Waals surface area contributed by atoms with Crippen molar-refractivity contribution in [3.05, 3.63) is 44.6 Å². The van der Waals surface area contributed by atoms with Gasteiger partial charge in [0.1, 0.15) is 10.2 Å². The largest absolute Gasteiger partial charge is 0.346 e. The van der Waals surface area contributed by atoms with E-state index in [9.17, 15) is 4.79 Å². The monoisotopic (exact) mass is 295 g/mol. The van der Waals surface area contributed by atoms with E-state index in [0.717, 1.165) is 17.1 Å². The Hall–Kier alpha value is -1.46. The van der Waals surface area contributed by atoms with Crippen molar-refractivity contribution in [1.29, 1.82) is 0 Å². The van der Waals surface area contributed by atoms with Gasteiger partial charge in [0.25, 0.3) is 5.91 Å². The Morgan fingerprint density at radius 3 is 2.89 bits per heavy atom. The van der Waals surface area contributed by atoms with Crippen molar-refractivity contribution in [3.63, 3.8) is 0 Å². The number of aromatic nitrogens is 2. The average Bonchev–Trinajstić information content (AvgIpc) is 2.82. The van der Waals surface area contributed by atoms with E-state index in [1.807, 2.05) is 6.20 Å². The zero-order valence-corrected chi connectivity index (χ0v) is 12.3. The lowest BCUT2D eigenvalue weighted by Gasteiger charge is -2.04. The summed E-state index contributed by atoms with van der Waals surface area (Å²) in [6.07, 6.45) is 2.81. The minimum absolute atomic E-state index is 0.166. The Bertz CT molecular complexity index is 577. The van der Waals surface area contributed by atoms with Crippen molar-refractivity contribution in [3.8, 4) is 0 Å². The highest BCUT2D eigenvalue weighted by Crippen LogP contribution is 2.14. The number of hydrogen-bond donors (Lipinski definition) is 1. The van der Waals surface area contributed by atoms with Crippen molar-refractivity contribution in [2.24, 2.45) is 0 Å². The molecule has 0 aromatic carbocycles. The summed E-state index contributed by atoms with van der Waals surface area (Å²) in [6.45, 7) is 4.32. The Labute approximate surface area is 120 Å². The molecule has 2 aromatic rings. The molecular formula is C13H14ClN3OS. The molecule has 0 radical (unpaired) electrons. The fourth-order valence-corrected chi connectivity index (χ4v) is 2.66. The van der Waals surface area contributed by atoms with Crippen LogP contribution < -0.4 is 5.32 Å². The van der Waals surface area contributed by atoms with E-state index >= 15 is 0 Å². The molecule has 100 valence electrons. The highest BCUT2D eigenvalue weighted by atomic mass is 35.5. The summed E-state index contributed by atoms with van der Waals surface area (Å²) in [5, 5.41) is 4.06. The van der Waals surface area contributed by atoms with Gasteiger partial charge in [0.15, 0.2) is 0 Å². The fraction of sp³-hybridized carbons (Fsp3) is 0.308. The summed E-state index contributed by atoms with van der Waals surface area (Å²) in [5.41, 5.74) is 1.24. The number of pyridine rings is 1. The van der Waals surface area contributed by atoms with Crippen molar-refractivity contribution < 1.29 is 4.79 Å². The maximum Gasteiger partial charge on any atom is 0.251 e. The predicted molar refractivity (Wildman–Crippen MR) is 76.6 cm³/mol. The van der Waals surface area contributed by atoms with Crippen LogP contribution in [-0.2, 0) is 13.0 Å². The van der Waals surface area contributed by atoms with Gasteiger partial charge < -0.3 is 5.32 Å². The standard InChI is InChI=1S/C13H14ClN3OS/c1-3-10-6-15-12(19-10)7-16-13(18)9-4-8(2)17-11(14)5-9/h4-6H,3,7H2,1-2H3,(H,16,18). The van der Waals surface area contributed by atoms with Crippen LogP contribution in [0.2, 0.25) is 5.15 Å². The normalized spacial score (nSPS) is 10.5. The third-order valence-electron chi connectivity index (χ3n) is 2.53. The van der Waals surface area contributed by atoms with Gasteiger partial charge in [-0.25, -0.2) is 9.97 Å². The summed E-state index contributed by atoms with van der Waals surface area (Å²) in [4.78, 5) is 21.5. The molecule has 2 rings (SSSR count). The molecule has 0 aliphatic heterocycles. The van der Waals surface area contributed by atoms with Gasteiger partial charge in [-0.05, 0) is 25.5 Å². The molecule has 0 unspecified atom stereocenters. The lowest BCUT2D eigenvalue weighted by Crippen LogP contribution is -2.22. The molecule has 0 saturated carbocycles. The fourth-order valence-electron chi connectivity index (χ4n) is 1.61. The molecule has 19 heavy (non-hydrogen) atoms. The molecule has 2 heterocycles. The summed E-state index contributed by atoms with van der Waals surface area (Å²) in [5.74, 6) is -0.166. The number of amides is 1. The third kappa shape index (κ3) is 3.75. The SMILES string of the molecule is CCc1cnc(CNC(=O)c2cc(C)nc(Cl)c2)s1. The highest BCUT2D eigenvalue weighted by Gasteiger charge is 2.09. The van der Waals surface area contributed by atoms with Crippen molar-refractivity contribution in [2.75, 3.05) is 0 Å². The molecule has 0 aliphatic carbocycles. The van der Waals surface area contributed by atoms with Gasteiger partial charge >= 0.3 is 0 Å². The molecule has 1 N–H and O–H groups in total. The minimum Gasteiger partial charge on any atom is -0.346 e. The summed E-state index contributed by atoms with van der Waals surface area (Å²) < 4.78 is 0. The van der Waals surface area contributed by atoms with Gasteiger partial charge in [0, 0.05) is 22.3 Å². The lowest BCUT2D eigenvalue weighted by molar-refractivity contribution is 0.0950. The first-order chi connectivity index (χ1) is 9.08. The van der Waals surface area contributed by atoms with Gasteiger partial charge in [-0.15, -0.1) is 11.3 Å². The molecular weight excluding hydrogens is 282 g/mol. The van der Waals surface area contributed by atoms with E-state index in [-0.39, 0.29) is 5.91 Å². The van der Waals surface area contributed by atoms with Gasteiger partial charge in [-0.3, -0.25) is 4.79 Å². The molecule has 2 aromatic heterocycles. The third-order valence-corrected chi connectivity index (χ3v) is 3.87. The van der Waals surface area contributed by atoms with E-state index < -0.39 is 0 Å². The van der Waals surface area contributed by atoms with Crippen LogP contribution in [0, 0.1) is 6.92 Å². The number of nitrogens with zero attached hydrogens (tertiary/aromatic N) is 2. The number of aryl methyl sites for hydroxylation is 2. The number of thiazole rings is 1. The van der Waals surface area contributed by atoms with E-state index in [2.05, 4.69) is 22.2 Å². The lowest BCUT2D eigenvalue weighted by atomic mass is 10.2. The van der Waals surface area contributed by atoms with Crippen LogP contribution in [-0.4, -0.2) is 15.9 Å². The van der Waals surface area contributed by atoms with Crippen molar-refractivity contribution in [2.45, 2.75) is 26.8 Å². The van der Waals surface area contributed by atoms with Gasteiger partial charge in [0.05, 0.1) is 6.54 Å². The molecule has 0 fully saturated rings. The Balaban J connectivity index is 2.00. The second kappa shape index (κ2) is 6.12. The van der Waals surface area contributed by atoms with Crippen LogP contribution in [0.15, 0.2) is 18.3 Å². The van der Waals surface area contributed by atoms with Crippen LogP contribution >= 0.6 is 22.9 Å². The summed E-state index contributed by atoms with van der Waals surface area (Å²) >= 11 is 7.44. The zero-order chi connectivity index (χ0) is 13.8. The average molecular weight is 296 g/mol. The van der Waals surface area contributed by atoms with E-state index in [0.29, 0.717) is 17.3 Å². The number of rotatable bonds is 4. The molecule has 0 atom stereocenters. The first-order valence-corrected chi connectivity index (χ1v) is 7.14. The van der Waals surface area contributed by atoms with Crippen LogP contribution in [0.3, 0.4) is 0 Å². The van der Waals surface area contributed by atoms with E-state index in [1.54, 1.807) is 30.4 Å². The maximum atomic E-state index is 12.0. The number of halogens is 1. The van der Waals surface area contributed by atoms with E-state index in [4.69, 9.17) is 11.6 Å². The predicted octanol–water partition coefficient (Wildman–Crippen LogP) is 2.99. The quantitative estimate of drug-likeness (QED) is 0.882. The molecule has 0 saturated heterocycles. The summed E-state index contributed by atoms with van der Waals surface area (Å²) in [7, 11) is 0. The molecule has 0 spiro atoms. The molecule has 0 aliphatic rings. The molecule has 6 heteroatoms. The number of carbonyl (C=O) groups excluding carboxylic acids is 1. The smallest absolute Gasteiger partial charge is 0.251 e. The van der Waals surface area contributed by atoms with Gasteiger partial charge in [-0.2, -0.15) is 0 Å². The zero-order valence-electron chi connectivity index (χ0n) is 10.7. The Kier molecular flexibility index (Phi) is 4.50. The maximum absolute atomic E-state index is 12.0. The van der Waals surface area contributed by atoms with Gasteiger partial charge in [-0.1, -0.05) is 18.5 Å². The molecule has 4 nitrogen and oxygen atoms in total. The minimum atomic E-state index is -0.166. The van der Waals surface area contributed by atoms with Crippen molar-refractivity contribution in [1.82, 2.24) is 15.3 Å². The second-order valence-corrected chi connectivity index (χ2v) is 5.66. The van der Waals surface area contributed by atoms with Crippen LogP contribution in [0.4, 0.5) is 0 Å². The topological polar surface area (TPSA) is 54.9 Å². The van der Waals surface area contributed by atoms with Crippen LogP contribution in [0.25, 0.3) is 0 Å². The second-order valence-electron chi connectivity index (χ2n) is 4.08. The van der Waals surface area contributed by atoms with E-state index in [1.165, 1.54) is 4.88 Å². The summed E-state index contributed by atoms with van der Waals surface area (Å²) in [6, 6.07) is 3.27. The number of hydrogen-bond acceptors (Lipinski definition) is 4. The van der Waals surface area contributed by atoms with Crippen molar-refractivity contribution >= 4 is 28.8 Å². The number of carbonyl (C=O) groups is 1. The Morgan fingerprint density at radius 2 is 2.26 bits per heavy atom.